The SMILES string of the molecule is COC(=O)c1ccc2c(=O)n(Cc3ccco3)c(SCc3cc(Cl)c4c(c3)OCCO4)nc2c1. The summed E-state index contributed by atoms with van der Waals surface area (Å²) in [5, 5.41) is 1.34. The minimum Gasteiger partial charge on any atom is -0.486 e. The molecule has 0 spiro atoms. The molecule has 0 bridgehead atoms. The van der Waals surface area contributed by atoms with E-state index in [1.165, 1.54) is 18.9 Å². The second-order valence-electron chi connectivity index (χ2n) is 7.48. The first-order valence-corrected chi connectivity index (χ1v) is 11.8. The summed E-state index contributed by atoms with van der Waals surface area (Å²) in [6.07, 6.45) is 1.56. The lowest BCUT2D eigenvalue weighted by Crippen LogP contribution is -2.24. The predicted molar refractivity (Wildman–Crippen MR) is 127 cm³/mol. The van der Waals surface area contributed by atoms with Gasteiger partial charge in [0.2, 0.25) is 0 Å². The molecule has 1 aliphatic rings. The van der Waals surface area contributed by atoms with E-state index in [2.05, 4.69) is 0 Å². The van der Waals surface area contributed by atoms with Gasteiger partial charge in [0, 0.05) is 5.75 Å². The second kappa shape index (κ2) is 9.44. The van der Waals surface area contributed by atoms with Crippen molar-refractivity contribution >= 4 is 40.2 Å². The Labute approximate surface area is 203 Å². The van der Waals surface area contributed by atoms with Crippen LogP contribution < -0.4 is 15.0 Å². The smallest absolute Gasteiger partial charge is 0.337 e. The third-order valence-electron chi connectivity index (χ3n) is 5.26. The highest BCUT2D eigenvalue weighted by atomic mass is 35.5. The first-order chi connectivity index (χ1) is 16.5. The van der Waals surface area contributed by atoms with E-state index < -0.39 is 5.97 Å². The Morgan fingerprint density at radius 1 is 1.21 bits per heavy atom. The molecule has 0 aliphatic carbocycles. The Balaban J connectivity index is 1.54. The summed E-state index contributed by atoms with van der Waals surface area (Å²) in [5.74, 6) is 1.73. The summed E-state index contributed by atoms with van der Waals surface area (Å²) >= 11 is 7.75. The average Bonchev–Trinajstić information content (AvgIpc) is 3.37. The zero-order valence-electron chi connectivity index (χ0n) is 18.1. The number of esters is 1. The number of hydrogen-bond donors (Lipinski definition) is 0. The van der Waals surface area contributed by atoms with Crippen molar-refractivity contribution in [3.8, 4) is 11.5 Å². The van der Waals surface area contributed by atoms with Crippen LogP contribution >= 0.6 is 23.4 Å². The van der Waals surface area contributed by atoms with Crippen molar-refractivity contribution < 1.29 is 23.4 Å². The standard InChI is InChI=1S/C24H19ClN2O6S/c1-30-23(29)15-4-5-17-19(11-15)26-24(27(22(17)28)12-16-3-2-6-31-16)34-13-14-9-18(25)21-20(10-14)32-7-8-33-21/h2-6,9-11H,7-8,12-13H2,1H3. The van der Waals surface area contributed by atoms with Crippen LogP contribution in [0.5, 0.6) is 11.5 Å². The van der Waals surface area contributed by atoms with Crippen LogP contribution in [-0.2, 0) is 17.0 Å². The minimum absolute atomic E-state index is 0.220. The van der Waals surface area contributed by atoms with Gasteiger partial charge >= 0.3 is 5.97 Å². The molecule has 0 atom stereocenters. The number of carbonyl (C=O) groups is 1. The number of rotatable bonds is 6. The summed E-state index contributed by atoms with van der Waals surface area (Å²) in [6, 6.07) is 12.0. The molecule has 1 aliphatic heterocycles. The molecule has 34 heavy (non-hydrogen) atoms. The maximum atomic E-state index is 13.4. The number of nitrogens with zero attached hydrogens (tertiary/aromatic N) is 2. The molecule has 3 heterocycles. The molecular formula is C24H19ClN2O6S. The second-order valence-corrected chi connectivity index (χ2v) is 8.83. The van der Waals surface area contributed by atoms with Crippen molar-refractivity contribution in [2.45, 2.75) is 17.5 Å². The Hall–Kier alpha value is -3.43. The summed E-state index contributed by atoms with van der Waals surface area (Å²) in [7, 11) is 1.31. The van der Waals surface area contributed by atoms with Crippen molar-refractivity contribution in [1.29, 1.82) is 0 Å². The van der Waals surface area contributed by atoms with Crippen LogP contribution in [0.15, 0.2) is 63.1 Å². The fourth-order valence-electron chi connectivity index (χ4n) is 3.65. The largest absolute Gasteiger partial charge is 0.486 e. The lowest BCUT2D eigenvalue weighted by Gasteiger charge is -2.20. The molecule has 10 heteroatoms. The van der Waals surface area contributed by atoms with Gasteiger partial charge in [0.25, 0.3) is 5.56 Å². The van der Waals surface area contributed by atoms with Gasteiger partial charge in [-0.1, -0.05) is 23.4 Å². The average molecular weight is 499 g/mol. The molecule has 8 nitrogen and oxygen atoms in total. The first-order valence-electron chi connectivity index (χ1n) is 10.4. The van der Waals surface area contributed by atoms with Crippen LogP contribution in [0.2, 0.25) is 5.02 Å². The highest BCUT2D eigenvalue weighted by Crippen LogP contribution is 2.39. The van der Waals surface area contributed by atoms with Gasteiger partial charge in [-0.3, -0.25) is 9.36 Å². The number of halogens is 1. The van der Waals surface area contributed by atoms with Crippen LogP contribution in [0, 0.1) is 0 Å². The van der Waals surface area contributed by atoms with E-state index in [0.717, 1.165) is 5.56 Å². The van der Waals surface area contributed by atoms with Crippen molar-refractivity contribution in [2.75, 3.05) is 20.3 Å². The van der Waals surface area contributed by atoms with Gasteiger partial charge in [-0.15, -0.1) is 0 Å². The summed E-state index contributed by atoms with van der Waals surface area (Å²) in [6.45, 7) is 1.13. The van der Waals surface area contributed by atoms with E-state index in [9.17, 15) is 9.59 Å². The van der Waals surface area contributed by atoms with E-state index in [1.54, 1.807) is 41.2 Å². The third kappa shape index (κ3) is 4.36. The molecular weight excluding hydrogens is 480 g/mol. The lowest BCUT2D eigenvalue weighted by atomic mass is 10.1. The molecule has 4 aromatic rings. The van der Waals surface area contributed by atoms with Gasteiger partial charge in [-0.25, -0.2) is 9.78 Å². The topological polar surface area (TPSA) is 92.8 Å². The van der Waals surface area contributed by atoms with Crippen molar-refractivity contribution in [2.24, 2.45) is 0 Å². The van der Waals surface area contributed by atoms with E-state index in [1.807, 2.05) is 12.1 Å². The van der Waals surface area contributed by atoms with Gasteiger partial charge in [-0.2, -0.15) is 0 Å². The Morgan fingerprint density at radius 3 is 2.85 bits per heavy atom. The minimum atomic E-state index is -0.497. The van der Waals surface area contributed by atoms with Crippen LogP contribution in [0.25, 0.3) is 10.9 Å². The molecule has 0 fully saturated rings. The number of benzene rings is 2. The number of hydrogen-bond acceptors (Lipinski definition) is 8. The number of furan rings is 1. The maximum absolute atomic E-state index is 13.4. The van der Waals surface area contributed by atoms with Gasteiger partial charge in [0.1, 0.15) is 19.0 Å². The molecule has 174 valence electrons. The fourth-order valence-corrected chi connectivity index (χ4v) is 4.87. The molecule has 0 radical (unpaired) electrons. The number of carbonyl (C=O) groups excluding carboxylic acids is 1. The monoisotopic (exact) mass is 498 g/mol. The molecule has 0 unspecified atom stereocenters. The van der Waals surface area contributed by atoms with E-state index >= 15 is 0 Å². The summed E-state index contributed by atoms with van der Waals surface area (Å²) in [4.78, 5) is 30.1. The van der Waals surface area contributed by atoms with E-state index in [4.69, 9.17) is 35.2 Å². The third-order valence-corrected chi connectivity index (χ3v) is 6.59. The Bertz CT molecular complexity index is 1430. The summed E-state index contributed by atoms with van der Waals surface area (Å²) in [5.41, 5.74) is 1.38. The number of ether oxygens (including phenoxy) is 3. The lowest BCUT2D eigenvalue weighted by molar-refractivity contribution is 0.0601. The van der Waals surface area contributed by atoms with Gasteiger partial charge in [-0.05, 0) is 48.0 Å². The van der Waals surface area contributed by atoms with Crippen molar-refractivity contribution in [3.63, 3.8) is 0 Å². The summed E-state index contributed by atoms with van der Waals surface area (Å²) < 4.78 is 23.1. The van der Waals surface area contributed by atoms with Gasteiger partial charge in [0.15, 0.2) is 16.7 Å². The zero-order valence-corrected chi connectivity index (χ0v) is 19.6. The normalized spacial score (nSPS) is 12.6. The van der Waals surface area contributed by atoms with Gasteiger partial charge < -0.3 is 18.6 Å². The quantitative estimate of drug-likeness (QED) is 0.217. The molecule has 0 saturated heterocycles. The molecule has 2 aromatic heterocycles. The fraction of sp³-hybridized carbons (Fsp3) is 0.208. The maximum Gasteiger partial charge on any atom is 0.337 e. The molecule has 2 aromatic carbocycles. The highest BCUT2D eigenvalue weighted by Gasteiger charge is 2.19. The first kappa shape index (κ1) is 22.4. The van der Waals surface area contributed by atoms with E-state index in [-0.39, 0.29) is 12.1 Å². The zero-order chi connectivity index (χ0) is 23.7. The van der Waals surface area contributed by atoms with Crippen molar-refractivity contribution in [1.82, 2.24) is 9.55 Å². The van der Waals surface area contributed by atoms with Crippen LogP contribution in [0.3, 0.4) is 0 Å². The Morgan fingerprint density at radius 2 is 2.06 bits per heavy atom. The van der Waals surface area contributed by atoms with Crippen LogP contribution in [0.1, 0.15) is 21.7 Å². The number of methoxy groups -OCH3 is 1. The Kier molecular flexibility index (Phi) is 6.21. The number of thioether (sulfide) groups is 1. The van der Waals surface area contributed by atoms with E-state index in [0.29, 0.717) is 62.9 Å². The molecule has 5 rings (SSSR count). The highest BCUT2D eigenvalue weighted by molar-refractivity contribution is 7.98. The number of fused-ring (bicyclic) bond motifs is 2. The predicted octanol–water partition coefficient (Wildman–Crippen LogP) is 4.54. The molecule has 0 N–H and O–H groups in total. The molecule has 0 amide bonds. The van der Waals surface area contributed by atoms with Crippen molar-refractivity contribution in [3.05, 3.63) is 81.0 Å². The molecule has 0 saturated carbocycles. The van der Waals surface area contributed by atoms with Gasteiger partial charge in [0.05, 0.1) is 41.4 Å². The number of aromatic nitrogens is 2. The van der Waals surface area contributed by atoms with Crippen LogP contribution in [-0.4, -0.2) is 35.8 Å². The van der Waals surface area contributed by atoms with Crippen LogP contribution in [0.4, 0.5) is 0 Å².